The zero-order chi connectivity index (χ0) is 18.1. The number of nitrogens with zero attached hydrogens (tertiary/aromatic N) is 4. The van der Waals surface area contributed by atoms with E-state index in [1.807, 2.05) is 0 Å². The van der Waals surface area contributed by atoms with Crippen LogP contribution in [0.1, 0.15) is 29.2 Å². The first-order valence-corrected chi connectivity index (χ1v) is 9.39. The number of hydrogen-bond donors (Lipinski definition) is 1. The van der Waals surface area contributed by atoms with E-state index in [-0.39, 0.29) is 0 Å². The molecule has 0 amide bonds. The molecular weight excluding hydrogens is 326 g/mol. The second-order valence-electron chi connectivity index (χ2n) is 7.33. The monoisotopic (exact) mass is 353 g/mol. The van der Waals surface area contributed by atoms with Crippen LogP contribution in [0, 0.1) is 13.8 Å². The Morgan fingerprint density at radius 2 is 1.81 bits per heavy atom. The molecule has 0 aliphatic carbocycles. The lowest BCUT2D eigenvalue weighted by Crippen LogP contribution is -2.47. The topological polar surface area (TPSA) is 67.5 Å². The van der Waals surface area contributed by atoms with E-state index < -0.39 is 0 Å². The molecule has 2 aliphatic heterocycles. The number of benzene rings is 1. The Morgan fingerprint density at radius 1 is 1.04 bits per heavy atom. The summed E-state index contributed by atoms with van der Waals surface area (Å²) in [5.41, 5.74) is 11.0. The van der Waals surface area contributed by atoms with Gasteiger partial charge in [0.05, 0.1) is 12.3 Å². The Labute approximate surface area is 155 Å². The van der Waals surface area contributed by atoms with E-state index in [0.717, 1.165) is 57.3 Å². The maximum atomic E-state index is 5.99. The molecule has 0 radical (unpaired) electrons. The zero-order valence-electron chi connectivity index (χ0n) is 15.6. The van der Waals surface area contributed by atoms with E-state index in [2.05, 4.69) is 57.9 Å². The molecule has 2 N–H and O–H groups in total. The van der Waals surface area contributed by atoms with Crippen LogP contribution in [0.15, 0.2) is 24.3 Å². The highest BCUT2D eigenvalue weighted by molar-refractivity contribution is 5.56. The van der Waals surface area contributed by atoms with Crippen LogP contribution in [0.4, 0.5) is 17.5 Å². The normalized spacial score (nSPS) is 20.6. The van der Waals surface area contributed by atoms with Crippen LogP contribution in [-0.2, 0) is 4.74 Å². The molecule has 138 valence electrons. The molecule has 2 aromatic rings. The van der Waals surface area contributed by atoms with Gasteiger partial charge in [-0.15, -0.1) is 0 Å². The van der Waals surface area contributed by atoms with E-state index in [4.69, 9.17) is 10.5 Å². The molecule has 2 aliphatic rings. The summed E-state index contributed by atoms with van der Waals surface area (Å²) < 4.78 is 5.50. The molecule has 2 fully saturated rings. The van der Waals surface area contributed by atoms with Gasteiger partial charge in [-0.3, -0.25) is 0 Å². The smallest absolute Gasteiger partial charge is 0.222 e. The highest BCUT2D eigenvalue weighted by atomic mass is 16.5. The van der Waals surface area contributed by atoms with Gasteiger partial charge in [0.15, 0.2) is 0 Å². The molecule has 6 nitrogen and oxygen atoms in total. The first kappa shape index (κ1) is 17.1. The zero-order valence-corrected chi connectivity index (χ0v) is 15.6. The van der Waals surface area contributed by atoms with Crippen molar-refractivity contribution in [3.05, 3.63) is 41.1 Å². The quantitative estimate of drug-likeness (QED) is 0.914. The highest BCUT2D eigenvalue weighted by Gasteiger charge is 2.24. The summed E-state index contributed by atoms with van der Waals surface area (Å²) in [6, 6.07) is 8.76. The lowest BCUT2D eigenvalue weighted by molar-refractivity contribution is 0.193. The molecule has 1 atom stereocenters. The molecule has 6 heteroatoms. The third-order valence-corrected chi connectivity index (χ3v) is 5.41. The first-order chi connectivity index (χ1) is 12.6. The Morgan fingerprint density at radius 3 is 2.54 bits per heavy atom. The third kappa shape index (κ3) is 3.46. The van der Waals surface area contributed by atoms with E-state index >= 15 is 0 Å². The molecule has 0 unspecified atom stereocenters. The van der Waals surface area contributed by atoms with Gasteiger partial charge in [-0.2, -0.15) is 4.98 Å². The fourth-order valence-corrected chi connectivity index (χ4v) is 3.85. The average Bonchev–Trinajstić information content (AvgIpc) is 3.18. The Balaban J connectivity index is 1.48. The summed E-state index contributed by atoms with van der Waals surface area (Å²) in [5, 5.41) is 0. The van der Waals surface area contributed by atoms with Gasteiger partial charge < -0.3 is 20.3 Å². The van der Waals surface area contributed by atoms with Crippen molar-refractivity contribution < 1.29 is 4.74 Å². The minimum Gasteiger partial charge on any atom is -0.381 e. The lowest BCUT2D eigenvalue weighted by atomic mass is 10.0. The summed E-state index contributed by atoms with van der Waals surface area (Å²) in [5.74, 6) is 1.65. The van der Waals surface area contributed by atoms with Crippen molar-refractivity contribution in [3.8, 4) is 0 Å². The van der Waals surface area contributed by atoms with E-state index in [1.54, 1.807) is 0 Å². The van der Waals surface area contributed by atoms with E-state index in [1.165, 1.54) is 16.8 Å². The van der Waals surface area contributed by atoms with Gasteiger partial charge in [0, 0.05) is 50.5 Å². The summed E-state index contributed by atoms with van der Waals surface area (Å²) in [6.45, 7) is 9.70. The van der Waals surface area contributed by atoms with Crippen LogP contribution in [0.3, 0.4) is 0 Å². The number of nitrogens with two attached hydrogens (primary N) is 1. The highest BCUT2D eigenvalue weighted by Crippen LogP contribution is 2.28. The second-order valence-corrected chi connectivity index (χ2v) is 7.33. The van der Waals surface area contributed by atoms with Crippen LogP contribution >= 0.6 is 0 Å². The number of hydrogen-bond acceptors (Lipinski definition) is 6. The van der Waals surface area contributed by atoms with Crippen molar-refractivity contribution >= 4 is 17.5 Å². The van der Waals surface area contributed by atoms with Crippen LogP contribution in [0.5, 0.6) is 0 Å². The molecule has 1 aromatic heterocycles. The van der Waals surface area contributed by atoms with Crippen molar-refractivity contribution in [2.75, 3.05) is 54.9 Å². The number of ether oxygens (including phenoxy) is 1. The van der Waals surface area contributed by atoms with Crippen molar-refractivity contribution in [2.24, 2.45) is 0 Å². The Hall–Kier alpha value is -2.34. The van der Waals surface area contributed by atoms with Gasteiger partial charge in [-0.25, -0.2) is 4.98 Å². The standard InChI is InChI=1S/C20H27N5O/c1-14-3-4-15(2)18(11-14)24-6-8-25(9-7-24)19-12-17(22-20(21)23-19)16-5-10-26-13-16/h3-4,11-12,16H,5-10,13H2,1-2H3,(H2,21,22,23)/t16-/m0/s1. The summed E-state index contributed by atoms with van der Waals surface area (Å²) in [7, 11) is 0. The number of aromatic nitrogens is 2. The van der Waals surface area contributed by atoms with Crippen molar-refractivity contribution in [3.63, 3.8) is 0 Å². The summed E-state index contributed by atoms with van der Waals surface area (Å²) in [6.07, 6.45) is 1.01. The van der Waals surface area contributed by atoms with Gasteiger partial charge in [-0.1, -0.05) is 12.1 Å². The molecule has 26 heavy (non-hydrogen) atoms. The molecule has 2 saturated heterocycles. The predicted molar refractivity (Wildman–Crippen MR) is 105 cm³/mol. The van der Waals surface area contributed by atoms with Crippen LogP contribution < -0.4 is 15.5 Å². The maximum absolute atomic E-state index is 5.99. The molecule has 0 saturated carbocycles. The first-order valence-electron chi connectivity index (χ1n) is 9.39. The van der Waals surface area contributed by atoms with E-state index in [0.29, 0.717) is 11.9 Å². The molecular formula is C20H27N5O. The predicted octanol–water partition coefficient (Wildman–Crippen LogP) is 2.51. The SMILES string of the molecule is Cc1ccc(C)c(N2CCN(c3cc([C@H]4CCOC4)nc(N)n3)CC2)c1. The Kier molecular flexibility index (Phi) is 4.68. The Bertz CT molecular complexity index is 780. The fourth-order valence-electron chi connectivity index (χ4n) is 3.85. The lowest BCUT2D eigenvalue weighted by Gasteiger charge is -2.37. The van der Waals surface area contributed by atoms with E-state index in [9.17, 15) is 0 Å². The average molecular weight is 353 g/mol. The fraction of sp³-hybridized carbons (Fsp3) is 0.500. The van der Waals surface area contributed by atoms with Crippen LogP contribution in [0.25, 0.3) is 0 Å². The molecule has 4 rings (SSSR count). The number of nitrogen functional groups attached to an aromatic ring is 1. The van der Waals surface area contributed by atoms with Crippen molar-refractivity contribution in [1.82, 2.24) is 9.97 Å². The molecule has 3 heterocycles. The summed E-state index contributed by atoms with van der Waals surface area (Å²) >= 11 is 0. The molecule has 0 bridgehead atoms. The van der Waals surface area contributed by atoms with Gasteiger partial charge in [0.25, 0.3) is 0 Å². The largest absolute Gasteiger partial charge is 0.381 e. The number of anilines is 3. The third-order valence-electron chi connectivity index (χ3n) is 5.41. The number of aryl methyl sites for hydroxylation is 2. The van der Waals surface area contributed by atoms with Gasteiger partial charge >= 0.3 is 0 Å². The maximum Gasteiger partial charge on any atom is 0.222 e. The minimum atomic E-state index is 0.343. The van der Waals surface area contributed by atoms with Gasteiger partial charge in [0.1, 0.15) is 5.82 Å². The minimum absolute atomic E-state index is 0.343. The van der Waals surface area contributed by atoms with Crippen LogP contribution in [0.2, 0.25) is 0 Å². The number of rotatable bonds is 3. The molecule has 0 spiro atoms. The summed E-state index contributed by atoms with van der Waals surface area (Å²) in [4.78, 5) is 13.7. The van der Waals surface area contributed by atoms with Gasteiger partial charge in [0.2, 0.25) is 5.95 Å². The number of piperazine rings is 1. The van der Waals surface area contributed by atoms with Crippen LogP contribution in [-0.4, -0.2) is 49.4 Å². The molecule has 1 aromatic carbocycles. The van der Waals surface area contributed by atoms with Gasteiger partial charge in [-0.05, 0) is 37.5 Å². The van der Waals surface area contributed by atoms with Crippen molar-refractivity contribution in [2.45, 2.75) is 26.2 Å². The van der Waals surface area contributed by atoms with Crippen molar-refractivity contribution in [1.29, 1.82) is 0 Å². The second kappa shape index (κ2) is 7.11.